The summed E-state index contributed by atoms with van der Waals surface area (Å²) in [6.07, 6.45) is 23.5. The maximum atomic E-state index is 13.7. The van der Waals surface area contributed by atoms with Gasteiger partial charge in [-0.1, -0.05) is 18.2 Å². The van der Waals surface area contributed by atoms with E-state index >= 15 is 0 Å². The summed E-state index contributed by atoms with van der Waals surface area (Å²) in [5.41, 5.74) is 14.2. The number of β-amino-alcohol motifs (C(OH)–C–C–N with tert-alkyl or cyclic N) is 2. The minimum atomic E-state index is -0.622. The fourth-order valence-electron chi connectivity index (χ4n) is 19.6. The minimum absolute atomic E-state index is 0.148. The van der Waals surface area contributed by atoms with E-state index in [2.05, 4.69) is 98.3 Å². The number of amides is 3. The molecule has 18 heterocycles. The van der Waals surface area contributed by atoms with Crippen LogP contribution in [0.3, 0.4) is 0 Å². The quantitative estimate of drug-likeness (QED) is 0.0461. The molecule has 0 spiro atoms. The minimum Gasteiger partial charge on any atom is -0.388 e. The van der Waals surface area contributed by atoms with Gasteiger partial charge < -0.3 is 76.6 Å². The molecule has 3 atom stereocenters. The predicted octanol–water partition coefficient (Wildman–Crippen LogP) is 10.8. The van der Waals surface area contributed by atoms with Crippen molar-refractivity contribution in [2.24, 2.45) is 11.8 Å². The highest BCUT2D eigenvalue weighted by Gasteiger charge is 2.49. The van der Waals surface area contributed by atoms with Gasteiger partial charge in [0.05, 0.1) is 122 Å². The number of hydrogen-bond acceptors (Lipinski definition) is 21. The molecule has 6 fully saturated rings. The molecule has 30 heteroatoms. The van der Waals surface area contributed by atoms with Crippen molar-refractivity contribution in [1.82, 2.24) is 73.8 Å². The van der Waals surface area contributed by atoms with Crippen molar-refractivity contribution in [2.45, 2.75) is 93.8 Å². The number of fused-ring (bicyclic) bond motifs is 6. The molecule has 9 N–H and O–H groups in total. The molecule has 12 aromatic rings. The number of aliphatic hydroxyl groups is 3. The number of benzene rings is 3. The van der Waals surface area contributed by atoms with Crippen molar-refractivity contribution < 1.29 is 42.9 Å². The van der Waals surface area contributed by atoms with Crippen molar-refractivity contribution >= 4 is 86.2 Å². The molecule has 9 aliphatic heterocycles. The van der Waals surface area contributed by atoms with Crippen LogP contribution < -0.4 is 46.6 Å². The molecule has 0 saturated carbocycles. The van der Waals surface area contributed by atoms with Gasteiger partial charge in [0.15, 0.2) is 0 Å². The molecule has 1 unspecified atom stereocenters. The van der Waals surface area contributed by atoms with Crippen LogP contribution in [0.5, 0.6) is 0 Å². The SMILES string of the molecule is CN1CC(O)([C@@H]2CCCN(c3ccc(Nc4ccc(-c5cnc6cc(F)ccn56)c5c4C(=O)NC5)nc3)C2)C1.CN1CC(O)([C@H]2CCCN(c3ccc(Nc4ccc(-c5cnc6cc(F)ccn56)c5c4C(=O)NC5)nc3)C2)C1.CN1CCCC1C1(O)CCN(c2ccc(Nc3ccc(-c4cnc5cc(F)ccn45)c4c3C(=O)NC4)nc2)CC1. The maximum Gasteiger partial charge on any atom is 0.254 e. The molecule has 6 saturated heterocycles. The lowest BCUT2D eigenvalue weighted by molar-refractivity contribution is -0.128. The van der Waals surface area contributed by atoms with Gasteiger partial charge in [-0.2, -0.15) is 0 Å². The summed E-state index contributed by atoms with van der Waals surface area (Å²) < 4.78 is 46.5. The number of pyridine rings is 6. The first kappa shape index (κ1) is 75.9. The number of carbonyl (C=O) groups is 3. The Morgan fingerprint density at radius 2 is 0.763 bits per heavy atom. The number of likely N-dealkylation sites (tertiary alicyclic amines) is 3. The number of nitrogens with one attached hydrogen (secondary N) is 6. The van der Waals surface area contributed by atoms with E-state index in [1.165, 1.54) is 36.4 Å². The molecule has 606 valence electrons. The van der Waals surface area contributed by atoms with Gasteiger partial charge in [0.25, 0.3) is 17.7 Å². The molecule has 3 aromatic carbocycles. The van der Waals surface area contributed by atoms with E-state index in [0.717, 1.165) is 191 Å². The number of nitrogens with zero attached hydrogens (tertiary/aromatic N) is 15. The molecular weight excluding hydrogens is 1500 g/mol. The van der Waals surface area contributed by atoms with Gasteiger partial charge in [0, 0.05) is 156 Å². The average Bonchev–Trinajstić information content (AvgIpc) is 1.61. The van der Waals surface area contributed by atoms with Crippen LogP contribution in [0.4, 0.5) is 64.7 Å². The molecule has 0 aliphatic carbocycles. The van der Waals surface area contributed by atoms with Gasteiger partial charge in [0.2, 0.25) is 0 Å². The van der Waals surface area contributed by atoms with E-state index in [-0.39, 0.29) is 53.1 Å². The van der Waals surface area contributed by atoms with E-state index in [1.54, 1.807) is 37.2 Å². The van der Waals surface area contributed by atoms with Crippen LogP contribution in [0.25, 0.3) is 50.7 Å². The maximum absolute atomic E-state index is 13.7. The topological polar surface area (TPSA) is 294 Å². The number of piperidine rings is 3. The van der Waals surface area contributed by atoms with E-state index < -0.39 is 16.8 Å². The van der Waals surface area contributed by atoms with E-state index in [4.69, 9.17) is 0 Å². The number of rotatable bonds is 15. The Labute approximate surface area is 678 Å². The van der Waals surface area contributed by atoms with Crippen molar-refractivity contribution in [1.29, 1.82) is 0 Å². The van der Waals surface area contributed by atoms with Crippen LogP contribution in [0.15, 0.2) is 165 Å². The van der Waals surface area contributed by atoms with Crippen molar-refractivity contribution in [3.63, 3.8) is 0 Å². The summed E-state index contributed by atoms with van der Waals surface area (Å²) in [6, 6.07) is 32.0. The molecule has 9 aromatic heterocycles. The zero-order valence-electron chi connectivity index (χ0n) is 65.8. The molecule has 21 rings (SSSR count). The standard InChI is InChI=1S/C30H32FN7O2.2C29H30FN7O2/c1-36-11-2-3-25(36)30(40)9-13-37(14-10-30)20-4-7-26(32-16-20)35-23-6-5-21(22-17-34-29(39)28(22)23)24-18-33-27-15-19(31)8-12-38(24)27;2*1-35-16-29(39,17-35)18-3-2-9-36(15-18)20-4-7-25(31-12-20)34-23-6-5-21(22-13-33-28(38)27(22)23)24-14-32-26-11-19(30)8-10-37(24)26/h4-8,12,15-16,18,25,40H,2-3,9-11,13-14,17H2,1H3,(H,32,35)(H,34,39);2*4-8,10-12,14,18,39H,2-3,9,13,15-17H2,1H3,(H,31,34)(H,33,38)/t;2*18-/m.10/s1. The Morgan fingerprint density at radius 3 is 1.09 bits per heavy atom. The lowest BCUT2D eigenvalue weighted by atomic mass is 9.76. The zero-order valence-corrected chi connectivity index (χ0v) is 65.8. The first-order valence-corrected chi connectivity index (χ1v) is 40.6. The summed E-state index contributed by atoms with van der Waals surface area (Å²) >= 11 is 0. The highest BCUT2D eigenvalue weighted by Crippen LogP contribution is 2.43. The van der Waals surface area contributed by atoms with Crippen molar-refractivity contribution in [2.75, 3.05) is 124 Å². The molecule has 0 bridgehead atoms. The van der Waals surface area contributed by atoms with Gasteiger partial charge in [-0.25, -0.2) is 43.1 Å². The fraction of sp³-hybridized carbons (Fsp3) is 0.352. The third-order valence-electron chi connectivity index (χ3n) is 25.6. The number of halogens is 3. The summed E-state index contributed by atoms with van der Waals surface area (Å²) in [5.74, 6) is 0.968. The number of aromatic nitrogens is 9. The first-order valence-electron chi connectivity index (χ1n) is 40.6. The Bertz CT molecular complexity index is 5640. The predicted molar refractivity (Wildman–Crippen MR) is 445 cm³/mol. The lowest BCUT2D eigenvalue weighted by Gasteiger charge is -2.52. The Morgan fingerprint density at radius 1 is 0.407 bits per heavy atom. The van der Waals surface area contributed by atoms with Gasteiger partial charge in [-0.3, -0.25) is 27.6 Å². The monoisotopic (exact) mass is 1600 g/mol. The molecular formula is C88H92F3N21O6. The summed E-state index contributed by atoms with van der Waals surface area (Å²) in [7, 11) is 6.20. The van der Waals surface area contributed by atoms with Crippen molar-refractivity contribution in [3.05, 3.63) is 216 Å². The smallest absolute Gasteiger partial charge is 0.254 e. The third kappa shape index (κ3) is 14.3. The van der Waals surface area contributed by atoms with E-state index in [9.17, 15) is 42.9 Å². The normalized spacial score (nSPS) is 20.6. The van der Waals surface area contributed by atoms with Crippen LogP contribution in [0.2, 0.25) is 0 Å². The Balaban J connectivity index is 0.000000118. The average molecular weight is 1600 g/mol. The number of anilines is 9. The van der Waals surface area contributed by atoms with Crippen LogP contribution in [-0.4, -0.2) is 207 Å². The van der Waals surface area contributed by atoms with Gasteiger partial charge in [0.1, 0.15) is 51.8 Å². The zero-order chi connectivity index (χ0) is 80.9. The number of hydrogen-bond donors (Lipinski definition) is 9. The number of imidazole rings is 3. The molecule has 0 radical (unpaired) electrons. The van der Waals surface area contributed by atoms with Crippen LogP contribution in [0.1, 0.15) is 99.1 Å². The highest BCUT2D eigenvalue weighted by molar-refractivity contribution is 6.08. The van der Waals surface area contributed by atoms with Crippen LogP contribution in [0, 0.1) is 29.3 Å². The summed E-state index contributed by atoms with van der Waals surface area (Å²) in [6.45, 7) is 10.3. The largest absolute Gasteiger partial charge is 0.388 e. The highest BCUT2D eigenvalue weighted by atomic mass is 19.1. The second-order valence-corrected chi connectivity index (χ2v) is 33.2. The number of carbonyl (C=O) groups excluding carboxylic acids is 3. The first-order chi connectivity index (χ1) is 57.1. The van der Waals surface area contributed by atoms with Gasteiger partial charge in [-0.05, 0) is 169 Å². The van der Waals surface area contributed by atoms with Gasteiger partial charge >= 0.3 is 0 Å². The fourth-order valence-corrected chi connectivity index (χ4v) is 19.6. The Hall–Kier alpha value is -12.1. The van der Waals surface area contributed by atoms with E-state index in [0.29, 0.717) is 87.8 Å². The van der Waals surface area contributed by atoms with Crippen molar-refractivity contribution in [3.8, 4) is 33.8 Å². The molecule has 9 aliphatic rings. The summed E-state index contributed by atoms with van der Waals surface area (Å²) in [5, 5.41) is 52.0. The number of likely N-dealkylation sites (N-methyl/N-ethyl adjacent to an activating group) is 3. The van der Waals surface area contributed by atoms with E-state index in [1.807, 2.05) is 119 Å². The Kier molecular flexibility index (Phi) is 19.6. The molecule has 118 heavy (non-hydrogen) atoms. The summed E-state index contributed by atoms with van der Waals surface area (Å²) in [4.78, 5) is 79.0. The molecule has 27 nitrogen and oxygen atoms in total. The second-order valence-electron chi connectivity index (χ2n) is 33.2. The lowest BCUT2D eigenvalue weighted by Crippen LogP contribution is -2.66. The molecule has 3 amide bonds. The van der Waals surface area contributed by atoms with Gasteiger partial charge in [-0.15, -0.1) is 0 Å². The van der Waals surface area contributed by atoms with Crippen LogP contribution >= 0.6 is 0 Å². The second kappa shape index (κ2) is 30.5. The third-order valence-corrected chi connectivity index (χ3v) is 25.6. The van der Waals surface area contributed by atoms with Crippen LogP contribution in [-0.2, 0) is 19.6 Å².